The van der Waals surface area contributed by atoms with Gasteiger partial charge in [-0.25, -0.2) is 9.37 Å². The molecule has 1 unspecified atom stereocenters. The van der Waals surface area contributed by atoms with Crippen molar-refractivity contribution in [1.29, 1.82) is 0 Å². The van der Waals surface area contributed by atoms with E-state index in [0.717, 1.165) is 41.9 Å². The van der Waals surface area contributed by atoms with Gasteiger partial charge < -0.3 is 10.6 Å². The van der Waals surface area contributed by atoms with Crippen LogP contribution in [-0.2, 0) is 6.42 Å². The minimum atomic E-state index is -0.514. The molecule has 0 radical (unpaired) electrons. The second-order valence-electron chi connectivity index (χ2n) is 9.39. The summed E-state index contributed by atoms with van der Waals surface area (Å²) in [5.74, 6) is 6.01. The summed E-state index contributed by atoms with van der Waals surface area (Å²) in [6, 6.07) is 10.6. The summed E-state index contributed by atoms with van der Waals surface area (Å²) < 4.78 is 15.3. The van der Waals surface area contributed by atoms with Crippen molar-refractivity contribution in [3.05, 3.63) is 77.0 Å². The first-order valence-electron chi connectivity index (χ1n) is 12.6. The van der Waals surface area contributed by atoms with Crippen LogP contribution in [0.25, 0.3) is 11.1 Å². The lowest BCUT2D eigenvalue weighted by molar-refractivity contribution is 0.0369. The van der Waals surface area contributed by atoms with Gasteiger partial charge in [0.25, 0.3) is 5.91 Å². The van der Waals surface area contributed by atoms with Gasteiger partial charge in [-0.2, -0.15) is 0 Å². The van der Waals surface area contributed by atoms with E-state index in [1.165, 1.54) is 18.9 Å². The predicted octanol–water partition coefficient (Wildman–Crippen LogP) is 4.14. The fourth-order valence-corrected chi connectivity index (χ4v) is 5.13. The van der Waals surface area contributed by atoms with Crippen molar-refractivity contribution in [3.8, 4) is 23.0 Å². The number of aryl methyl sites for hydroxylation is 1. The number of hydrogen-bond acceptors (Lipinski definition) is 5. The highest BCUT2D eigenvalue weighted by atomic mass is 19.1. The molecule has 1 atom stereocenters. The average Bonchev–Trinajstić information content (AvgIpc) is 2.92. The summed E-state index contributed by atoms with van der Waals surface area (Å²) in [7, 11) is 0. The Morgan fingerprint density at radius 3 is 2.78 bits per heavy atom. The molecule has 0 saturated carbocycles. The number of amides is 1. The van der Waals surface area contributed by atoms with Crippen LogP contribution in [0, 0.1) is 17.7 Å². The number of nitrogens with zero attached hydrogens (tertiary/aromatic N) is 4. The first-order chi connectivity index (χ1) is 17.5. The molecule has 0 spiro atoms. The Labute approximate surface area is 211 Å². The van der Waals surface area contributed by atoms with Gasteiger partial charge in [0, 0.05) is 49.2 Å². The zero-order valence-corrected chi connectivity index (χ0v) is 20.5. The highest BCUT2D eigenvalue weighted by Crippen LogP contribution is 2.28. The number of hydrogen-bond donors (Lipinski definition) is 1. The highest BCUT2D eigenvalue weighted by Gasteiger charge is 2.32. The van der Waals surface area contributed by atoms with E-state index in [2.05, 4.69) is 26.7 Å². The molecule has 2 fully saturated rings. The molecule has 184 valence electrons. The van der Waals surface area contributed by atoms with E-state index in [4.69, 9.17) is 5.73 Å². The van der Waals surface area contributed by atoms with Gasteiger partial charge in [0.1, 0.15) is 11.6 Å². The van der Waals surface area contributed by atoms with Crippen molar-refractivity contribution in [3.63, 3.8) is 0 Å². The molecule has 2 N–H and O–H groups in total. The fourth-order valence-electron chi connectivity index (χ4n) is 5.13. The van der Waals surface area contributed by atoms with E-state index < -0.39 is 5.82 Å². The molecular formula is C29H30FN5O. The molecule has 2 aliphatic heterocycles. The van der Waals surface area contributed by atoms with Gasteiger partial charge in [0.2, 0.25) is 0 Å². The molecule has 4 heterocycles. The van der Waals surface area contributed by atoms with Gasteiger partial charge in [-0.1, -0.05) is 31.3 Å². The highest BCUT2D eigenvalue weighted by molar-refractivity contribution is 5.95. The Bertz CT molecular complexity index is 1330. The lowest BCUT2D eigenvalue weighted by Crippen LogP contribution is -2.56. The van der Waals surface area contributed by atoms with Crippen LogP contribution in [0.2, 0.25) is 0 Å². The van der Waals surface area contributed by atoms with Gasteiger partial charge >= 0.3 is 0 Å². The van der Waals surface area contributed by atoms with Crippen LogP contribution in [0.15, 0.2) is 48.8 Å². The van der Waals surface area contributed by atoms with Gasteiger partial charge in [-0.15, -0.1) is 0 Å². The van der Waals surface area contributed by atoms with Crippen molar-refractivity contribution in [1.82, 2.24) is 19.8 Å². The largest absolute Gasteiger partial charge is 0.384 e. The van der Waals surface area contributed by atoms with Crippen molar-refractivity contribution in [2.24, 2.45) is 0 Å². The number of carbonyl (C=O) groups is 1. The second kappa shape index (κ2) is 10.5. The monoisotopic (exact) mass is 483 g/mol. The van der Waals surface area contributed by atoms with Gasteiger partial charge in [-0.05, 0) is 61.7 Å². The topological polar surface area (TPSA) is 75.4 Å². The molecule has 1 aromatic carbocycles. The van der Waals surface area contributed by atoms with Crippen LogP contribution in [0.3, 0.4) is 0 Å². The van der Waals surface area contributed by atoms with E-state index in [1.807, 2.05) is 24.0 Å². The van der Waals surface area contributed by atoms with Crippen LogP contribution in [-0.4, -0.2) is 57.9 Å². The second-order valence-corrected chi connectivity index (χ2v) is 9.39. The molecular weight excluding hydrogens is 453 g/mol. The van der Waals surface area contributed by atoms with Crippen molar-refractivity contribution in [2.75, 3.05) is 31.9 Å². The number of aromatic nitrogens is 2. The third-order valence-corrected chi connectivity index (χ3v) is 7.12. The number of carbonyl (C=O) groups excluding carboxylic acids is 1. The van der Waals surface area contributed by atoms with E-state index in [1.54, 1.807) is 30.6 Å². The summed E-state index contributed by atoms with van der Waals surface area (Å²) in [6.07, 6.45) is 7.53. The first-order valence-corrected chi connectivity index (χ1v) is 12.6. The normalized spacial score (nSPS) is 17.7. The van der Waals surface area contributed by atoms with Crippen LogP contribution in [0.5, 0.6) is 0 Å². The zero-order chi connectivity index (χ0) is 25.1. The molecule has 36 heavy (non-hydrogen) atoms. The van der Waals surface area contributed by atoms with E-state index in [-0.39, 0.29) is 11.5 Å². The number of fused-ring (bicyclic) bond motifs is 1. The molecule has 0 bridgehead atoms. The summed E-state index contributed by atoms with van der Waals surface area (Å²) in [6.45, 7) is 5.28. The fraction of sp³-hybridized carbons (Fsp3) is 0.345. The lowest BCUT2D eigenvalue weighted by Gasteiger charge is -2.44. The lowest BCUT2D eigenvalue weighted by atomic mass is 9.96. The number of rotatable bonds is 3. The van der Waals surface area contributed by atoms with Gasteiger partial charge in [-0.3, -0.25) is 14.7 Å². The van der Waals surface area contributed by atoms with Crippen molar-refractivity contribution >= 4 is 11.7 Å². The molecule has 7 heteroatoms. The Morgan fingerprint density at radius 2 is 2.00 bits per heavy atom. The zero-order valence-electron chi connectivity index (χ0n) is 20.5. The first kappa shape index (κ1) is 24.0. The Kier molecular flexibility index (Phi) is 6.97. The standard InChI is InChI=1S/C29H30FN5O/c1-2-27-24(9-6-20-7-11-28(31)33-18-20)23(12-13-32-27)21-8-10-25(26(30)17-21)29(36)35-16-15-34-14-4-3-5-22(34)19-35/h7-8,10-13,17-18,22H,2-5,14-16,19H2,1H3,(H2,31,33). The third kappa shape index (κ3) is 4.95. The maximum absolute atomic E-state index is 15.3. The van der Waals surface area contributed by atoms with Gasteiger partial charge in [0.15, 0.2) is 0 Å². The van der Waals surface area contributed by atoms with Crippen molar-refractivity contribution < 1.29 is 9.18 Å². The summed E-state index contributed by atoms with van der Waals surface area (Å²) in [5.41, 5.74) is 9.53. The number of halogens is 1. The molecule has 2 aliphatic rings. The quantitative estimate of drug-likeness (QED) is 0.567. The number of nitrogens with two attached hydrogens (primary N) is 1. The Morgan fingerprint density at radius 1 is 1.11 bits per heavy atom. The molecule has 1 amide bonds. The van der Waals surface area contributed by atoms with Crippen molar-refractivity contribution in [2.45, 2.75) is 38.6 Å². The Balaban J connectivity index is 1.42. The van der Waals surface area contributed by atoms with Crippen LogP contribution in [0.1, 0.15) is 53.4 Å². The number of anilines is 1. The number of pyridine rings is 2. The molecule has 3 aromatic rings. The molecule has 0 aliphatic carbocycles. The SMILES string of the molecule is CCc1nccc(-c2ccc(C(=O)N3CCN4CCCCC4C3)c(F)c2)c1C#Cc1ccc(N)nc1. The number of piperidine rings is 1. The third-order valence-electron chi connectivity index (χ3n) is 7.12. The summed E-state index contributed by atoms with van der Waals surface area (Å²) in [5, 5.41) is 0. The average molecular weight is 484 g/mol. The maximum Gasteiger partial charge on any atom is 0.256 e. The van der Waals surface area contributed by atoms with E-state index in [9.17, 15) is 4.79 Å². The molecule has 2 aromatic heterocycles. The van der Waals surface area contributed by atoms with E-state index in [0.29, 0.717) is 36.9 Å². The number of piperazine rings is 1. The molecule has 2 saturated heterocycles. The summed E-state index contributed by atoms with van der Waals surface area (Å²) >= 11 is 0. The van der Waals surface area contributed by atoms with Gasteiger partial charge in [0.05, 0.1) is 16.8 Å². The van der Waals surface area contributed by atoms with Crippen LogP contribution in [0.4, 0.5) is 10.2 Å². The predicted molar refractivity (Wildman–Crippen MR) is 139 cm³/mol. The summed E-state index contributed by atoms with van der Waals surface area (Å²) in [4.78, 5) is 26.0. The van der Waals surface area contributed by atoms with Crippen LogP contribution < -0.4 is 5.73 Å². The number of benzene rings is 1. The van der Waals surface area contributed by atoms with Crippen LogP contribution >= 0.6 is 0 Å². The minimum absolute atomic E-state index is 0.119. The van der Waals surface area contributed by atoms with E-state index >= 15 is 4.39 Å². The maximum atomic E-state index is 15.3. The smallest absolute Gasteiger partial charge is 0.256 e. The molecule has 5 rings (SSSR count). The minimum Gasteiger partial charge on any atom is -0.384 e. The molecule has 6 nitrogen and oxygen atoms in total. The number of nitrogen functional groups attached to an aromatic ring is 1. The Hall–Kier alpha value is -3.76.